The summed E-state index contributed by atoms with van der Waals surface area (Å²) >= 11 is 0. The maximum Gasteiger partial charge on any atom is 0.326 e. The first kappa shape index (κ1) is 26.9. The largest absolute Gasteiger partial charge is 0.495 e. The van der Waals surface area contributed by atoms with Gasteiger partial charge in [-0.1, -0.05) is 54.6 Å². The van der Waals surface area contributed by atoms with Crippen molar-refractivity contribution in [2.75, 3.05) is 19.0 Å². The molecule has 0 fully saturated rings. The smallest absolute Gasteiger partial charge is 0.326 e. The molecule has 0 bridgehead atoms. The van der Waals surface area contributed by atoms with Crippen molar-refractivity contribution in [2.24, 2.45) is 0 Å². The maximum atomic E-state index is 13.2. The molecule has 0 heterocycles. The lowest BCUT2D eigenvalue weighted by atomic mass is 10.1. The lowest BCUT2D eigenvalue weighted by molar-refractivity contribution is -0.153. The molecular formula is C31H28N2O6. The average molecular weight is 525 g/mol. The van der Waals surface area contributed by atoms with Crippen LogP contribution in [0, 0.1) is 6.92 Å². The second kappa shape index (κ2) is 12.9. The van der Waals surface area contributed by atoms with Gasteiger partial charge in [0.15, 0.2) is 0 Å². The average Bonchev–Trinajstić information content (AvgIpc) is 2.96. The number of ether oxygens (including phenoxy) is 3. The molecule has 0 aromatic heterocycles. The van der Waals surface area contributed by atoms with Crippen LogP contribution in [0.5, 0.6) is 17.2 Å². The lowest BCUT2D eigenvalue weighted by Crippen LogP contribution is -2.33. The summed E-state index contributed by atoms with van der Waals surface area (Å²) in [6.45, 7) is 1.46. The zero-order chi connectivity index (χ0) is 27.6. The second-order valence-corrected chi connectivity index (χ2v) is 8.60. The minimum Gasteiger partial charge on any atom is -0.495 e. The van der Waals surface area contributed by atoms with Crippen LogP contribution in [0.25, 0.3) is 0 Å². The number of rotatable bonds is 10. The van der Waals surface area contributed by atoms with Gasteiger partial charge in [-0.25, -0.2) is 0 Å². The SMILES string of the molecule is COc1ccc(C)cc1NC(=O)[C@H](OC(=O)CNC(=O)c1ccc(Oc2ccccc2)cc1)c1ccccc1. The van der Waals surface area contributed by atoms with Gasteiger partial charge in [0, 0.05) is 11.1 Å². The normalized spacial score (nSPS) is 11.1. The van der Waals surface area contributed by atoms with E-state index in [0.717, 1.165) is 5.56 Å². The van der Waals surface area contributed by atoms with Crippen LogP contribution in [0.1, 0.15) is 27.6 Å². The number of benzene rings is 4. The highest BCUT2D eigenvalue weighted by Gasteiger charge is 2.26. The topological polar surface area (TPSA) is 103 Å². The quantitative estimate of drug-likeness (QED) is 0.268. The van der Waals surface area contributed by atoms with E-state index in [2.05, 4.69) is 10.6 Å². The molecule has 0 aliphatic heterocycles. The van der Waals surface area contributed by atoms with Gasteiger partial charge in [-0.3, -0.25) is 14.4 Å². The van der Waals surface area contributed by atoms with E-state index < -0.39 is 30.4 Å². The molecule has 198 valence electrons. The Kier molecular flexibility index (Phi) is 8.92. The molecule has 0 saturated heterocycles. The van der Waals surface area contributed by atoms with E-state index in [9.17, 15) is 14.4 Å². The predicted octanol–water partition coefficient (Wildman–Crippen LogP) is 5.45. The third kappa shape index (κ3) is 7.45. The van der Waals surface area contributed by atoms with E-state index in [4.69, 9.17) is 14.2 Å². The highest BCUT2D eigenvalue weighted by molar-refractivity contribution is 5.98. The van der Waals surface area contributed by atoms with Crippen LogP contribution in [0.4, 0.5) is 5.69 Å². The molecule has 4 rings (SSSR count). The molecule has 2 amide bonds. The second-order valence-electron chi connectivity index (χ2n) is 8.60. The number of carbonyl (C=O) groups is 3. The molecule has 8 heteroatoms. The highest BCUT2D eigenvalue weighted by atomic mass is 16.5. The van der Waals surface area contributed by atoms with Crippen molar-refractivity contribution in [1.29, 1.82) is 0 Å². The van der Waals surface area contributed by atoms with Crippen LogP contribution in [0.3, 0.4) is 0 Å². The van der Waals surface area contributed by atoms with Crippen LogP contribution in [0.15, 0.2) is 103 Å². The molecule has 39 heavy (non-hydrogen) atoms. The molecule has 0 unspecified atom stereocenters. The Labute approximate surface area is 226 Å². The number of carbonyl (C=O) groups excluding carboxylic acids is 3. The van der Waals surface area contributed by atoms with E-state index in [1.807, 2.05) is 43.3 Å². The van der Waals surface area contributed by atoms with E-state index in [0.29, 0.717) is 34.1 Å². The Morgan fingerprint density at radius 1 is 0.795 bits per heavy atom. The predicted molar refractivity (Wildman–Crippen MR) is 147 cm³/mol. The lowest BCUT2D eigenvalue weighted by Gasteiger charge is -2.19. The zero-order valence-electron chi connectivity index (χ0n) is 21.5. The fraction of sp³-hybridized carbons (Fsp3) is 0.129. The summed E-state index contributed by atoms with van der Waals surface area (Å²) in [4.78, 5) is 38.5. The molecule has 4 aromatic carbocycles. The highest BCUT2D eigenvalue weighted by Crippen LogP contribution is 2.28. The van der Waals surface area contributed by atoms with Crippen LogP contribution >= 0.6 is 0 Å². The Morgan fingerprint density at radius 2 is 1.44 bits per heavy atom. The number of nitrogens with one attached hydrogen (secondary N) is 2. The fourth-order valence-corrected chi connectivity index (χ4v) is 3.75. The molecule has 0 saturated carbocycles. The van der Waals surface area contributed by atoms with Gasteiger partial charge in [0.1, 0.15) is 23.8 Å². The number of amides is 2. The van der Waals surface area contributed by atoms with Gasteiger partial charge in [0.25, 0.3) is 11.8 Å². The number of para-hydroxylation sites is 1. The Hall–Kier alpha value is -5.11. The van der Waals surface area contributed by atoms with Crippen molar-refractivity contribution >= 4 is 23.5 Å². The van der Waals surface area contributed by atoms with Crippen molar-refractivity contribution < 1.29 is 28.6 Å². The summed E-state index contributed by atoms with van der Waals surface area (Å²) < 4.78 is 16.6. The summed E-state index contributed by atoms with van der Waals surface area (Å²) in [5, 5.41) is 5.31. The van der Waals surface area contributed by atoms with Crippen molar-refractivity contribution in [3.05, 3.63) is 120 Å². The Bertz CT molecular complexity index is 1420. The summed E-state index contributed by atoms with van der Waals surface area (Å²) in [7, 11) is 1.50. The van der Waals surface area contributed by atoms with E-state index in [-0.39, 0.29) is 0 Å². The Morgan fingerprint density at radius 3 is 2.10 bits per heavy atom. The van der Waals surface area contributed by atoms with Crippen LogP contribution in [-0.2, 0) is 14.3 Å². The molecular weight excluding hydrogens is 496 g/mol. The summed E-state index contributed by atoms with van der Waals surface area (Å²) in [5.41, 5.74) is 2.19. The molecule has 0 spiro atoms. The van der Waals surface area contributed by atoms with E-state index in [1.54, 1.807) is 66.7 Å². The summed E-state index contributed by atoms with van der Waals surface area (Å²) in [6.07, 6.45) is -1.24. The zero-order valence-corrected chi connectivity index (χ0v) is 21.5. The standard InChI is InChI=1S/C31H28N2O6/c1-21-13-18-27(37-2)26(19-21)33-31(36)29(22-9-5-3-6-10-22)39-28(34)20-32-30(35)23-14-16-25(17-15-23)38-24-11-7-4-8-12-24/h3-19,29H,20H2,1-2H3,(H,32,35)(H,33,36)/t29-/m1/s1. The Balaban J connectivity index is 1.38. The molecule has 0 aliphatic rings. The monoisotopic (exact) mass is 524 g/mol. The van der Waals surface area contributed by atoms with Gasteiger partial charge in [-0.2, -0.15) is 0 Å². The first-order valence-electron chi connectivity index (χ1n) is 12.2. The number of anilines is 1. The molecule has 0 radical (unpaired) electrons. The molecule has 2 N–H and O–H groups in total. The number of hydrogen-bond donors (Lipinski definition) is 2. The maximum absolute atomic E-state index is 13.2. The van der Waals surface area contributed by atoms with Crippen molar-refractivity contribution in [1.82, 2.24) is 5.32 Å². The van der Waals surface area contributed by atoms with Gasteiger partial charge < -0.3 is 24.8 Å². The first-order valence-corrected chi connectivity index (χ1v) is 12.2. The third-order valence-corrected chi connectivity index (χ3v) is 5.69. The van der Waals surface area contributed by atoms with Gasteiger partial charge in [-0.15, -0.1) is 0 Å². The van der Waals surface area contributed by atoms with Crippen LogP contribution < -0.4 is 20.1 Å². The minimum atomic E-state index is -1.24. The molecule has 4 aromatic rings. The van der Waals surface area contributed by atoms with Crippen molar-refractivity contribution in [2.45, 2.75) is 13.0 Å². The number of hydrogen-bond acceptors (Lipinski definition) is 6. The van der Waals surface area contributed by atoms with E-state index >= 15 is 0 Å². The first-order chi connectivity index (χ1) is 18.9. The number of esters is 1. The third-order valence-electron chi connectivity index (χ3n) is 5.69. The van der Waals surface area contributed by atoms with E-state index in [1.165, 1.54) is 7.11 Å². The molecule has 1 atom stereocenters. The minimum absolute atomic E-state index is 0.340. The van der Waals surface area contributed by atoms with Gasteiger partial charge >= 0.3 is 5.97 Å². The van der Waals surface area contributed by atoms with Crippen molar-refractivity contribution in [3.63, 3.8) is 0 Å². The molecule has 0 aliphatic carbocycles. The van der Waals surface area contributed by atoms with Gasteiger partial charge in [0.05, 0.1) is 12.8 Å². The fourth-order valence-electron chi connectivity index (χ4n) is 3.75. The summed E-state index contributed by atoms with van der Waals surface area (Å²) in [5.74, 6) is -0.0799. The van der Waals surface area contributed by atoms with Gasteiger partial charge in [-0.05, 0) is 61.0 Å². The summed E-state index contributed by atoms with van der Waals surface area (Å²) in [6, 6.07) is 29.8. The van der Waals surface area contributed by atoms with Crippen LogP contribution in [-0.4, -0.2) is 31.4 Å². The number of methoxy groups -OCH3 is 1. The molecule has 8 nitrogen and oxygen atoms in total. The van der Waals surface area contributed by atoms with Gasteiger partial charge in [0.2, 0.25) is 6.10 Å². The van der Waals surface area contributed by atoms with Crippen LogP contribution in [0.2, 0.25) is 0 Å². The van der Waals surface area contributed by atoms with Crippen molar-refractivity contribution in [3.8, 4) is 17.2 Å². The number of aryl methyl sites for hydroxylation is 1.